The Balaban J connectivity index is 1.73. The minimum atomic E-state index is -0.378. The number of amides is 1. The molecule has 0 spiro atoms. The van der Waals surface area contributed by atoms with Crippen molar-refractivity contribution in [3.63, 3.8) is 0 Å². The lowest BCUT2D eigenvalue weighted by Crippen LogP contribution is -2.54. The van der Waals surface area contributed by atoms with E-state index in [1.54, 1.807) is 0 Å². The number of ether oxygens (including phenoxy) is 1. The molecule has 92 valence electrons. The van der Waals surface area contributed by atoms with Crippen molar-refractivity contribution in [2.45, 2.75) is 32.8 Å². The molecule has 2 aliphatic heterocycles. The van der Waals surface area contributed by atoms with Crippen LogP contribution in [0.1, 0.15) is 27.2 Å². The lowest BCUT2D eigenvalue weighted by atomic mass is 9.85. The molecule has 16 heavy (non-hydrogen) atoms. The number of hydrogen-bond donors (Lipinski definition) is 1. The number of rotatable bonds is 1. The zero-order valence-electron chi connectivity index (χ0n) is 10.5. The van der Waals surface area contributed by atoms with Crippen molar-refractivity contribution in [3.8, 4) is 0 Å². The third kappa shape index (κ3) is 2.67. The molecule has 0 aromatic rings. The van der Waals surface area contributed by atoms with Gasteiger partial charge in [-0.2, -0.15) is 0 Å². The molecule has 2 rings (SSSR count). The fourth-order valence-corrected chi connectivity index (χ4v) is 2.37. The second-order valence-corrected chi connectivity index (χ2v) is 5.90. The van der Waals surface area contributed by atoms with Crippen LogP contribution in [0, 0.1) is 11.8 Å². The van der Waals surface area contributed by atoms with Gasteiger partial charge in [-0.25, -0.2) is 4.79 Å². The molecule has 0 unspecified atom stereocenters. The van der Waals surface area contributed by atoms with Crippen molar-refractivity contribution in [2.75, 3.05) is 26.2 Å². The Morgan fingerprint density at radius 3 is 2.50 bits per heavy atom. The van der Waals surface area contributed by atoms with E-state index >= 15 is 0 Å². The van der Waals surface area contributed by atoms with Crippen LogP contribution in [0.3, 0.4) is 0 Å². The highest BCUT2D eigenvalue weighted by Gasteiger charge is 2.38. The zero-order chi connectivity index (χ0) is 11.8. The molecule has 4 heteroatoms. The smallest absolute Gasteiger partial charge is 0.410 e. The Morgan fingerprint density at radius 2 is 2.00 bits per heavy atom. The van der Waals surface area contributed by atoms with E-state index in [1.165, 1.54) is 6.42 Å². The molecular formula is C12H22N2O2. The topological polar surface area (TPSA) is 41.6 Å². The molecular weight excluding hydrogens is 204 g/mol. The normalized spacial score (nSPS) is 26.7. The summed E-state index contributed by atoms with van der Waals surface area (Å²) in [6.07, 6.45) is 1.10. The van der Waals surface area contributed by atoms with E-state index in [9.17, 15) is 4.79 Å². The van der Waals surface area contributed by atoms with Crippen molar-refractivity contribution in [3.05, 3.63) is 0 Å². The largest absolute Gasteiger partial charge is 0.444 e. The summed E-state index contributed by atoms with van der Waals surface area (Å²) in [7, 11) is 0. The summed E-state index contributed by atoms with van der Waals surface area (Å²) in [6.45, 7) is 9.72. The molecule has 2 heterocycles. The van der Waals surface area contributed by atoms with E-state index in [4.69, 9.17) is 4.74 Å². The second-order valence-electron chi connectivity index (χ2n) is 5.90. The van der Waals surface area contributed by atoms with Gasteiger partial charge >= 0.3 is 6.09 Å². The van der Waals surface area contributed by atoms with Crippen LogP contribution in [0.5, 0.6) is 0 Å². The van der Waals surface area contributed by atoms with Gasteiger partial charge in [0.05, 0.1) is 0 Å². The van der Waals surface area contributed by atoms with Crippen molar-refractivity contribution in [1.82, 2.24) is 10.2 Å². The fourth-order valence-electron chi connectivity index (χ4n) is 2.37. The van der Waals surface area contributed by atoms with E-state index in [0.29, 0.717) is 5.92 Å². The lowest BCUT2D eigenvalue weighted by molar-refractivity contribution is -0.00925. The quantitative estimate of drug-likeness (QED) is 0.736. The number of carbonyl (C=O) groups is 1. The standard InChI is InChI=1S/C12H22N2O2/c1-12(2,3)16-11(15)14-7-10(8-14)9-4-5-13-6-9/h9-10,13H,4-8H2,1-3H3/t9-/m1/s1. The number of likely N-dealkylation sites (tertiary alicyclic amines) is 1. The lowest BCUT2D eigenvalue weighted by Gasteiger charge is -2.42. The van der Waals surface area contributed by atoms with E-state index in [1.807, 2.05) is 25.7 Å². The highest BCUT2D eigenvalue weighted by molar-refractivity contribution is 5.69. The number of nitrogens with one attached hydrogen (secondary N) is 1. The Kier molecular flexibility index (Phi) is 3.10. The fraction of sp³-hybridized carbons (Fsp3) is 0.917. The average Bonchev–Trinajstić information content (AvgIpc) is 2.49. The zero-order valence-corrected chi connectivity index (χ0v) is 10.5. The molecule has 0 aromatic carbocycles. The van der Waals surface area contributed by atoms with Crippen LogP contribution < -0.4 is 5.32 Å². The Hall–Kier alpha value is -0.770. The van der Waals surface area contributed by atoms with Crippen molar-refractivity contribution >= 4 is 6.09 Å². The van der Waals surface area contributed by atoms with Crippen molar-refractivity contribution in [2.24, 2.45) is 11.8 Å². The van der Waals surface area contributed by atoms with Crippen molar-refractivity contribution < 1.29 is 9.53 Å². The molecule has 0 aromatic heterocycles. The van der Waals surface area contributed by atoms with Gasteiger partial charge in [-0.1, -0.05) is 0 Å². The maximum Gasteiger partial charge on any atom is 0.410 e. The van der Waals surface area contributed by atoms with Gasteiger partial charge in [0.2, 0.25) is 0 Å². The van der Waals surface area contributed by atoms with Crippen molar-refractivity contribution in [1.29, 1.82) is 0 Å². The summed E-state index contributed by atoms with van der Waals surface area (Å²) >= 11 is 0. The first-order valence-corrected chi connectivity index (χ1v) is 6.14. The number of nitrogens with zero attached hydrogens (tertiary/aromatic N) is 1. The van der Waals surface area contributed by atoms with E-state index in [-0.39, 0.29) is 11.7 Å². The SMILES string of the molecule is CC(C)(C)OC(=O)N1CC([C@@H]2CCNC2)C1. The molecule has 0 radical (unpaired) electrons. The van der Waals surface area contributed by atoms with E-state index in [2.05, 4.69) is 5.32 Å². The summed E-state index contributed by atoms with van der Waals surface area (Å²) in [5.74, 6) is 1.45. The van der Waals surface area contributed by atoms with E-state index in [0.717, 1.165) is 32.1 Å². The monoisotopic (exact) mass is 226 g/mol. The van der Waals surface area contributed by atoms with Crippen LogP contribution in [0.2, 0.25) is 0 Å². The molecule has 2 saturated heterocycles. The predicted molar refractivity (Wildman–Crippen MR) is 62.3 cm³/mol. The van der Waals surface area contributed by atoms with Gasteiger partial charge in [-0.3, -0.25) is 0 Å². The summed E-state index contributed by atoms with van der Waals surface area (Å²) in [5.41, 5.74) is -0.378. The maximum atomic E-state index is 11.7. The number of carbonyl (C=O) groups excluding carboxylic acids is 1. The summed E-state index contributed by atoms with van der Waals surface area (Å²) in [4.78, 5) is 13.5. The Bertz CT molecular complexity index is 261. The minimum absolute atomic E-state index is 0.158. The first-order valence-electron chi connectivity index (χ1n) is 6.14. The molecule has 1 amide bonds. The average molecular weight is 226 g/mol. The van der Waals surface area contributed by atoms with Gasteiger partial charge in [0, 0.05) is 13.1 Å². The minimum Gasteiger partial charge on any atom is -0.444 e. The van der Waals surface area contributed by atoms with Gasteiger partial charge in [-0.05, 0) is 52.1 Å². The van der Waals surface area contributed by atoms with Crippen LogP contribution in [0.25, 0.3) is 0 Å². The van der Waals surface area contributed by atoms with Crippen LogP contribution >= 0.6 is 0 Å². The molecule has 2 fully saturated rings. The van der Waals surface area contributed by atoms with Gasteiger partial charge in [-0.15, -0.1) is 0 Å². The number of hydrogen-bond acceptors (Lipinski definition) is 3. The van der Waals surface area contributed by atoms with Gasteiger partial charge in [0.15, 0.2) is 0 Å². The first-order chi connectivity index (χ1) is 7.46. The third-order valence-electron chi connectivity index (χ3n) is 3.33. The molecule has 4 nitrogen and oxygen atoms in total. The highest BCUT2D eigenvalue weighted by Crippen LogP contribution is 2.29. The highest BCUT2D eigenvalue weighted by atomic mass is 16.6. The van der Waals surface area contributed by atoms with Gasteiger partial charge in [0.25, 0.3) is 0 Å². The summed E-state index contributed by atoms with van der Waals surface area (Å²) in [5, 5.41) is 3.37. The van der Waals surface area contributed by atoms with Crippen LogP contribution in [-0.2, 0) is 4.74 Å². The van der Waals surface area contributed by atoms with Gasteiger partial charge in [0.1, 0.15) is 5.60 Å². The second kappa shape index (κ2) is 4.24. The summed E-state index contributed by atoms with van der Waals surface area (Å²) in [6, 6.07) is 0. The molecule has 2 aliphatic rings. The molecule has 0 saturated carbocycles. The van der Waals surface area contributed by atoms with Gasteiger partial charge < -0.3 is 15.0 Å². The maximum absolute atomic E-state index is 11.7. The molecule has 1 atom stereocenters. The Labute approximate surface area is 97.3 Å². The van der Waals surface area contributed by atoms with Crippen LogP contribution in [0.15, 0.2) is 0 Å². The third-order valence-corrected chi connectivity index (χ3v) is 3.33. The first kappa shape index (κ1) is 11.7. The van der Waals surface area contributed by atoms with Crippen LogP contribution in [-0.4, -0.2) is 42.8 Å². The summed E-state index contributed by atoms with van der Waals surface area (Å²) < 4.78 is 5.32. The van der Waals surface area contributed by atoms with E-state index < -0.39 is 0 Å². The predicted octanol–water partition coefficient (Wildman–Crippen LogP) is 1.46. The van der Waals surface area contributed by atoms with Crippen LogP contribution in [0.4, 0.5) is 4.79 Å². The molecule has 1 N–H and O–H groups in total. The molecule has 0 aliphatic carbocycles. The molecule has 0 bridgehead atoms. The Morgan fingerprint density at radius 1 is 1.31 bits per heavy atom.